The number of thioether (sulfide) groups is 1. The summed E-state index contributed by atoms with van der Waals surface area (Å²) in [5, 5.41) is 8.91. The number of fused-ring (bicyclic) bond motifs is 1. The molecule has 1 aliphatic heterocycles. The molecule has 0 aliphatic carbocycles. The number of carbonyl (C=O) groups excluding carboxylic acids is 1. The van der Waals surface area contributed by atoms with Gasteiger partial charge >= 0.3 is 0 Å². The van der Waals surface area contributed by atoms with Crippen molar-refractivity contribution in [3.8, 4) is 22.9 Å². The predicted octanol–water partition coefficient (Wildman–Crippen LogP) is 1.22. The highest BCUT2D eigenvalue weighted by Gasteiger charge is 2.16. The standard InChI is InChI=1S/C14H16N4O3S/c1-18-13(16-17-14(18)22-8-12(15)19)9-3-4-10-11(7-9)21-6-2-5-20-10/h3-4,7H,2,5-6,8H2,1H3,(H2,15,19). The van der Waals surface area contributed by atoms with Crippen molar-refractivity contribution < 1.29 is 14.3 Å². The third-order valence-electron chi connectivity index (χ3n) is 3.18. The topological polar surface area (TPSA) is 92.3 Å². The maximum Gasteiger partial charge on any atom is 0.227 e. The lowest BCUT2D eigenvalue weighted by Crippen LogP contribution is -2.13. The molecule has 0 radical (unpaired) electrons. The first-order valence-corrected chi connectivity index (χ1v) is 7.84. The van der Waals surface area contributed by atoms with Gasteiger partial charge in [-0.05, 0) is 18.2 Å². The Labute approximate surface area is 131 Å². The van der Waals surface area contributed by atoms with Gasteiger partial charge in [-0.2, -0.15) is 0 Å². The number of nitrogens with zero attached hydrogens (tertiary/aromatic N) is 3. The first kappa shape index (κ1) is 14.7. The van der Waals surface area contributed by atoms with Crippen LogP contribution in [0.3, 0.4) is 0 Å². The molecule has 3 rings (SSSR count). The fraction of sp³-hybridized carbons (Fsp3) is 0.357. The summed E-state index contributed by atoms with van der Waals surface area (Å²) in [6.07, 6.45) is 0.863. The van der Waals surface area contributed by atoms with Crippen LogP contribution >= 0.6 is 11.8 Å². The first-order valence-electron chi connectivity index (χ1n) is 6.85. The SMILES string of the molecule is Cn1c(SCC(N)=O)nnc1-c1ccc2c(c1)OCCCO2. The van der Waals surface area contributed by atoms with E-state index in [2.05, 4.69) is 10.2 Å². The lowest BCUT2D eigenvalue weighted by Gasteiger charge is -2.09. The summed E-state index contributed by atoms with van der Waals surface area (Å²) in [4.78, 5) is 10.9. The van der Waals surface area contributed by atoms with Crippen molar-refractivity contribution in [3.63, 3.8) is 0 Å². The van der Waals surface area contributed by atoms with Gasteiger partial charge in [-0.1, -0.05) is 11.8 Å². The molecule has 0 saturated heterocycles. The van der Waals surface area contributed by atoms with Crippen molar-refractivity contribution in [2.24, 2.45) is 12.8 Å². The zero-order chi connectivity index (χ0) is 15.5. The quantitative estimate of drug-likeness (QED) is 0.852. The third kappa shape index (κ3) is 3.01. The van der Waals surface area contributed by atoms with Gasteiger partial charge in [-0.3, -0.25) is 4.79 Å². The summed E-state index contributed by atoms with van der Waals surface area (Å²) in [6, 6.07) is 5.69. The number of amides is 1. The minimum absolute atomic E-state index is 0.174. The number of benzene rings is 1. The van der Waals surface area contributed by atoms with E-state index in [1.54, 1.807) is 0 Å². The molecule has 0 unspecified atom stereocenters. The van der Waals surface area contributed by atoms with E-state index in [4.69, 9.17) is 15.2 Å². The Hall–Kier alpha value is -2.22. The van der Waals surface area contributed by atoms with Crippen LogP contribution in [-0.4, -0.2) is 39.6 Å². The van der Waals surface area contributed by atoms with Crippen molar-refractivity contribution in [2.75, 3.05) is 19.0 Å². The average molecular weight is 320 g/mol. The molecule has 0 bridgehead atoms. The predicted molar refractivity (Wildman–Crippen MR) is 82.0 cm³/mol. The number of ether oxygens (including phenoxy) is 2. The second-order valence-corrected chi connectivity index (χ2v) is 5.77. The van der Waals surface area contributed by atoms with Crippen LogP contribution in [-0.2, 0) is 11.8 Å². The summed E-state index contributed by atoms with van der Waals surface area (Å²) in [7, 11) is 1.85. The zero-order valence-corrected chi connectivity index (χ0v) is 12.9. The van der Waals surface area contributed by atoms with E-state index in [1.807, 2.05) is 29.8 Å². The van der Waals surface area contributed by atoms with Gasteiger partial charge < -0.3 is 19.8 Å². The number of primary amides is 1. The highest BCUT2D eigenvalue weighted by molar-refractivity contribution is 7.99. The maximum absolute atomic E-state index is 10.9. The third-order valence-corrected chi connectivity index (χ3v) is 4.23. The fourth-order valence-electron chi connectivity index (χ4n) is 2.13. The van der Waals surface area contributed by atoms with Crippen molar-refractivity contribution in [1.82, 2.24) is 14.8 Å². The number of rotatable bonds is 4. The summed E-state index contributed by atoms with van der Waals surface area (Å²) in [5.41, 5.74) is 6.03. The van der Waals surface area contributed by atoms with Crippen molar-refractivity contribution in [3.05, 3.63) is 18.2 Å². The number of hydrogen-bond donors (Lipinski definition) is 1. The molecule has 8 heteroatoms. The van der Waals surface area contributed by atoms with E-state index in [0.717, 1.165) is 17.7 Å². The van der Waals surface area contributed by atoms with Gasteiger partial charge in [0.1, 0.15) is 0 Å². The molecule has 0 atom stereocenters. The lowest BCUT2D eigenvalue weighted by molar-refractivity contribution is -0.115. The molecular weight excluding hydrogens is 304 g/mol. The summed E-state index contributed by atoms with van der Waals surface area (Å²) in [6.45, 7) is 1.29. The zero-order valence-electron chi connectivity index (χ0n) is 12.1. The van der Waals surface area contributed by atoms with Crippen LogP contribution < -0.4 is 15.2 Å². The highest BCUT2D eigenvalue weighted by Crippen LogP contribution is 2.34. The molecule has 1 amide bonds. The molecule has 2 aromatic rings. The van der Waals surface area contributed by atoms with Gasteiger partial charge in [-0.25, -0.2) is 0 Å². The Balaban J connectivity index is 1.88. The normalized spacial score (nSPS) is 13.7. The minimum Gasteiger partial charge on any atom is -0.490 e. The molecule has 1 aliphatic rings. The Morgan fingerprint density at radius 3 is 2.86 bits per heavy atom. The summed E-state index contributed by atoms with van der Waals surface area (Å²) in [5.74, 6) is 1.94. The van der Waals surface area contributed by atoms with Crippen LogP contribution in [0.5, 0.6) is 11.5 Å². The Morgan fingerprint density at radius 1 is 1.32 bits per heavy atom. The van der Waals surface area contributed by atoms with Crippen LogP contribution in [0.15, 0.2) is 23.4 Å². The first-order chi connectivity index (χ1) is 10.6. The van der Waals surface area contributed by atoms with Gasteiger partial charge in [0.25, 0.3) is 0 Å². The van der Waals surface area contributed by atoms with E-state index < -0.39 is 0 Å². The summed E-state index contributed by atoms with van der Waals surface area (Å²) >= 11 is 1.26. The number of hydrogen-bond acceptors (Lipinski definition) is 6. The largest absolute Gasteiger partial charge is 0.490 e. The van der Waals surface area contributed by atoms with Gasteiger partial charge in [0, 0.05) is 19.0 Å². The van der Waals surface area contributed by atoms with Gasteiger partial charge in [0.2, 0.25) is 5.91 Å². The van der Waals surface area contributed by atoms with E-state index in [-0.39, 0.29) is 11.7 Å². The molecule has 1 aromatic heterocycles. The smallest absolute Gasteiger partial charge is 0.227 e. The number of aromatic nitrogens is 3. The van der Waals surface area contributed by atoms with Crippen molar-refractivity contribution >= 4 is 17.7 Å². The molecule has 1 aromatic carbocycles. The molecule has 22 heavy (non-hydrogen) atoms. The molecule has 2 N–H and O–H groups in total. The molecule has 0 fully saturated rings. The van der Waals surface area contributed by atoms with Crippen LogP contribution in [0.25, 0.3) is 11.4 Å². The highest BCUT2D eigenvalue weighted by atomic mass is 32.2. The fourth-order valence-corrected chi connectivity index (χ4v) is 2.78. The molecule has 2 heterocycles. The Kier molecular flexibility index (Phi) is 4.19. The van der Waals surface area contributed by atoms with Crippen LogP contribution in [0, 0.1) is 0 Å². The maximum atomic E-state index is 10.9. The van der Waals surface area contributed by atoms with Crippen molar-refractivity contribution in [2.45, 2.75) is 11.6 Å². The Morgan fingerprint density at radius 2 is 2.09 bits per heavy atom. The Bertz CT molecular complexity index is 701. The number of nitrogens with two attached hydrogens (primary N) is 1. The van der Waals surface area contributed by atoms with E-state index in [9.17, 15) is 4.79 Å². The van der Waals surface area contributed by atoms with Crippen LogP contribution in [0.4, 0.5) is 0 Å². The average Bonchev–Trinajstić information content (AvgIpc) is 2.72. The van der Waals surface area contributed by atoms with Crippen LogP contribution in [0.1, 0.15) is 6.42 Å². The number of carbonyl (C=O) groups is 1. The lowest BCUT2D eigenvalue weighted by atomic mass is 10.2. The van der Waals surface area contributed by atoms with E-state index in [0.29, 0.717) is 29.9 Å². The molecule has 7 nitrogen and oxygen atoms in total. The second-order valence-electron chi connectivity index (χ2n) is 4.83. The van der Waals surface area contributed by atoms with E-state index in [1.165, 1.54) is 11.8 Å². The molecule has 0 spiro atoms. The molecule has 0 saturated carbocycles. The second kappa shape index (κ2) is 6.27. The van der Waals surface area contributed by atoms with Gasteiger partial charge in [0.05, 0.1) is 19.0 Å². The minimum atomic E-state index is -0.384. The molecular formula is C14H16N4O3S. The van der Waals surface area contributed by atoms with E-state index >= 15 is 0 Å². The monoisotopic (exact) mass is 320 g/mol. The van der Waals surface area contributed by atoms with Gasteiger partial charge in [0.15, 0.2) is 22.5 Å². The van der Waals surface area contributed by atoms with Crippen LogP contribution in [0.2, 0.25) is 0 Å². The van der Waals surface area contributed by atoms with Gasteiger partial charge in [-0.15, -0.1) is 10.2 Å². The molecule has 116 valence electrons. The summed E-state index contributed by atoms with van der Waals surface area (Å²) < 4.78 is 13.1. The van der Waals surface area contributed by atoms with Crippen molar-refractivity contribution in [1.29, 1.82) is 0 Å².